The molecule has 0 unspecified atom stereocenters. The lowest BCUT2D eigenvalue weighted by atomic mass is 10.1. The van der Waals surface area contributed by atoms with Gasteiger partial charge in [0.15, 0.2) is 0 Å². The van der Waals surface area contributed by atoms with Crippen LogP contribution in [0.4, 0.5) is 0 Å². The van der Waals surface area contributed by atoms with Gasteiger partial charge in [0, 0.05) is 29.4 Å². The van der Waals surface area contributed by atoms with Gasteiger partial charge >= 0.3 is 5.97 Å². The molecule has 0 amide bonds. The maximum absolute atomic E-state index is 11.4. The Morgan fingerprint density at radius 3 is 2.74 bits per heavy atom. The van der Waals surface area contributed by atoms with E-state index in [4.69, 9.17) is 0 Å². The van der Waals surface area contributed by atoms with E-state index >= 15 is 0 Å². The fourth-order valence-corrected chi connectivity index (χ4v) is 2.98. The Morgan fingerprint density at radius 1 is 1.42 bits per heavy atom. The van der Waals surface area contributed by atoms with Crippen molar-refractivity contribution in [1.29, 1.82) is 0 Å². The number of carbonyl (C=O) groups is 1. The largest absolute Gasteiger partial charge is 0.478 e. The molecule has 3 nitrogen and oxygen atoms in total. The molecule has 0 spiro atoms. The number of nitrogens with zero attached hydrogens (tertiary/aromatic N) is 1. The van der Waals surface area contributed by atoms with Crippen LogP contribution in [0.3, 0.4) is 0 Å². The van der Waals surface area contributed by atoms with Gasteiger partial charge in [0.2, 0.25) is 0 Å². The van der Waals surface area contributed by atoms with Crippen LogP contribution in [0.1, 0.15) is 36.7 Å². The average Bonchev–Trinajstić information content (AvgIpc) is 2.74. The minimum absolute atomic E-state index is 0.407. The summed E-state index contributed by atoms with van der Waals surface area (Å²) in [6.45, 7) is 7.24. The maximum Gasteiger partial charge on any atom is 0.336 e. The van der Waals surface area contributed by atoms with Crippen molar-refractivity contribution in [3.8, 4) is 0 Å². The Hall–Kier alpha value is -1.42. The Bertz CT molecular complexity index is 601. The van der Waals surface area contributed by atoms with Gasteiger partial charge < -0.3 is 9.67 Å². The fraction of sp³-hybridized carbons (Fsp3) is 0.400. The number of hydrogen-bond acceptors (Lipinski definition) is 2. The number of carboxylic acids is 1. The van der Waals surface area contributed by atoms with Crippen molar-refractivity contribution in [1.82, 2.24) is 4.57 Å². The van der Waals surface area contributed by atoms with Gasteiger partial charge in [-0.15, -0.1) is 0 Å². The van der Waals surface area contributed by atoms with Gasteiger partial charge in [-0.25, -0.2) is 4.79 Å². The first-order valence-electron chi connectivity index (χ1n) is 6.50. The topological polar surface area (TPSA) is 42.2 Å². The van der Waals surface area contributed by atoms with Crippen molar-refractivity contribution in [3.05, 3.63) is 35.5 Å². The lowest BCUT2D eigenvalue weighted by Crippen LogP contribution is -1.98. The van der Waals surface area contributed by atoms with Crippen LogP contribution < -0.4 is 0 Å². The highest BCUT2D eigenvalue weighted by molar-refractivity contribution is 7.99. The second-order valence-electron chi connectivity index (χ2n) is 4.80. The van der Waals surface area contributed by atoms with Gasteiger partial charge in [0.1, 0.15) is 0 Å². The van der Waals surface area contributed by atoms with Gasteiger partial charge in [-0.2, -0.15) is 11.8 Å². The Morgan fingerprint density at radius 2 is 2.16 bits per heavy atom. The molecule has 0 bridgehead atoms. The zero-order valence-electron chi connectivity index (χ0n) is 11.5. The van der Waals surface area contributed by atoms with E-state index in [1.165, 1.54) is 0 Å². The van der Waals surface area contributed by atoms with E-state index in [9.17, 15) is 9.90 Å². The van der Waals surface area contributed by atoms with E-state index in [-0.39, 0.29) is 0 Å². The molecule has 102 valence electrons. The van der Waals surface area contributed by atoms with E-state index in [2.05, 4.69) is 31.5 Å². The monoisotopic (exact) mass is 277 g/mol. The molecule has 0 radical (unpaired) electrons. The van der Waals surface area contributed by atoms with E-state index < -0.39 is 5.97 Å². The lowest BCUT2D eigenvalue weighted by Gasteiger charge is -2.05. The summed E-state index contributed by atoms with van der Waals surface area (Å²) in [6, 6.07) is 5.50. The summed E-state index contributed by atoms with van der Waals surface area (Å²) in [6.07, 6.45) is 2.09. The molecular formula is C15H19NO2S. The number of aromatic carboxylic acids is 1. The average molecular weight is 277 g/mol. The summed E-state index contributed by atoms with van der Waals surface area (Å²) in [5.41, 5.74) is 2.54. The molecule has 2 rings (SSSR count). The smallest absolute Gasteiger partial charge is 0.336 e. The minimum Gasteiger partial charge on any atom is -0.478 e. The zero-order valence-corrected chi connectivity index (χ0v) is 12.3. The fourth-order valence-electron chi connectivity index (χ4n) is 2.24. The molecule has 0 saturated heterocycles. The molecular weight excluding hydrogens is 258 g/mol. The van der Waals surface area contributed by atoms with Crippen LogP contribution in [0.2, 0.25) is 0 Å². The Labute approximate surface area is 117 Å². The summed E-state index contributed by atoms with van der Waals surface area (Å²) in [5.74, 6) is 0.00102. The number of fused-ring (bicyclic) bond motifs is 1. The molecule has 0 aliphatic rings. The molecule has 1 N–H and O–H groups in total. The minimum atomic E-state index is -0.852. The van der Waals surface area contributed by atoms with Crippen molar-refractivity contribution in [3.63, 3.8) is 0 Å². The van der Waals surface area contributed by atoms with Crippen LogP contribution in [-0.4, -0.2) is 20.9 Å². The predicted octanol–water partition coefficient (Wildman–Crippen LogP) is 4.00. The molecule has 4 heteroatoms. The van der Waals surface area contributed by atoms with Gasteiger partial charge in [-0.1, -0.05) is 19.9 Å². The normalized spacial score (nSPS) is 11.4. The molecule has 0 aliphatic carbocycles. The van der Waals surface area contributed by atoms with Gasteiger partial charge in [-0.05, 0) is 29.9 Å². The third-order valence-corrected chi connectivity index (χ3v) is 4.27. The van der Waals surface area contributed by atoms with Crippen molar-refractivity contribution < 1.29 is 9.90 Å². The number of aromatic nitrogens is 1. The SMILES string of the molecule is CCn1cc(CSC(C)C)c2c(C(=O)O)cccc21. The number of thioether (sulfide) groups is 1. The molecule has 1 aromatic carbocycles. The second-order valence-corrected chi connectivity index (χ2v) is 6.37. The lowest BCUT2D eigenvalue weighted by molar-refractivity contribution is 0.0699. The predicted molar refractivity (Wildman–Crippen MR) is 81.0 cm³/mol. The van der Waals surface area contributed by atoms with Crippen LogP contribution in [0.25, 0.3) is 10.9 Å². The number of carboxylic acid groups (broad SMARTS) is 1. The van der Waals surface area contributed by atoms with Gasteiger partial charge in [0.05, 0.1) is 5.56 Å². The van der Waals surface area contributed by atoms with E-state index in [1.54, 1.807) is 6.07 Å². The first-order chi connectivity index (χ1) is 9.04. The maximum atomic E-state index is 11.4. The molecule has 1 heterocycles. The Balaban J connectivity index is 2.58. The number of hydrogen-bond donors (Lipinski definition) is 1. The molecule has 1 aromatic heterocycles. The Kier molecular flexibility index (Phi) is 4.20. The van der Waals surface area contributed by atoms with E-state index in [1.807, 2.05) is 23.9 Å². The number of benzene rings is 1. The molecule has 0 fully saturated rings. The van der Waals surface area contributed by atoms with Crippen LogP contribution in [0.15, 0.2) is 24.4 Å². The highest BCUT2D eigenvalue weighted by Crippen LogP contribution is 2.29. The first-order valence-corrected chi connectivity index (χ1v) is 7.55. The highest BCUT2D eigenvalue weighted by atomic mass is 32.2. The third kappa shape index (κ3) is 2.78. The molecule has 0 saturated carbocycles. The highest BCUT2D eigenvalue weighted by Gasteiger charge is 2.16. The van der Waals surface area contributed by atoms with Crippen molar-refractivity contribution in [2.75, 3.05) is 0 Å². The molecule has 0 atom stereocenters. The van der Waals surface area contributed by atoms with Crippen molar-refractivity contribution >= 4 is 28.6 Å². The first kappa shape index (κ1) is 14.0. The van der Waals surface area contributed by atoms with E-state index in [0.717, 1.165) is 28.8 Å². The van der Waals surface area contributed by atoms with E-state index in [0.29, 0.717) is 10.8 Å². The summed E-state index contributed by atoms with van der Waals surface area (Å²) < 4.78 is 2.12. The standard InChI is InChI=1S/C15H19NO2S/c1-4-16-8-11(9-19-10(2)3)14-12(15(17)18)6-5-7-13(14)16/h5-8,10H,4,9H2,1-3H3,(H,17,18). The van der Waals surface area contributed by atoms with Crippen LogP contribution in [-0.2, 0) is 12.3 Å². The van der Waals surface area contributed by atoms with Gasteiger partial charge in [0.25, 0.3) is 0 Å². The summed E-state index contributed by atoms with van der Waals surface area (Å²) >= 11 is 1.84. The molecule has 2 aromatic rings. The van der Waals surface area contributed by atoms with Crippen molar-refractivity contribution in [2.45, 2.75) is 38.3 Å². The molecule has 0 aliphatic heterocycles. The zero-order chi connectivity index (χ0) is 14.0. The number of aryl methyl sites for hydroxylation is 1. The van der Waals surface area contributed by atoms with Gasteiger partial charge in [-0.3, -0.25) is 0 Å². The number of rotatable bonds is 5. The van der Waals surface area contributed by atoms with Crippen molar-refractivity contribution in [2.24, 2.45) is 0 Å². The quantitative estimate of drug-likeness (QED) is 0.898. The second kappa shape index (κ2) is 5.70. The van der Waals surface area contributed by atoms with Crippen LogP contribution in [0.5, 0.6) is 0 Å². The van der Waals surface area contributed by atoms with Crippen LogP contribution >= 0.6 is 11.8 Å². The summed E-state index contributed by atoms with van der Waals surface area (Å²) in [5, 5.41) is 10.8. The summed E-state index contributed by atoms with van der Waals surface area (Å²) in [4.78, 5) is 11.4. The molecule has 19 heavy (non-hydrogen) atoms. The third-order valence-electron chi connectivity index (χ3n) is 3.13. The van der Waals surface area contributed by atoms with Crippen LogP contribution in [0, 0.1) is 0 Å². The summed E-state index contributed by atoms with van der Waals surface area (Å²) in [7, 11) is 0.